The van der Waals surface area contributed by atoms with E-state index in [1.165, 1.54) is 6.42 Å². The molecule has 1 atom stereocenters. The van der Waals surface area contributed by atoms with E-state index < -0.39 is 0 Å². The number of methoxy groups -OCH3 is 1. The fraction of sp³-hybridized carbons (Fsp3) is 0.381. The molecule has 1 aliphatic heterocycles. The Morgan fingerprint density at radius 1 is 1.15 bits per heavy atom. The van der Waals surface area contributed by atoms with Gasteiger partial charge in [0.05, 0.1) is 30.4 Å². The number of nitrogens with zero attached hydrogens (tertiary/aromatic N) is 2. The quantitative estimate of drug-likeness (QED) is 0.709. The van der Waals surface area contributed by atoms with Crippen molar-refractivity contribution < 1.29 is 9.47 Å². The van der Waals surface area contributed by atoms with Crippen LogP contribution in [0.3, 0.4) is 0 Å². The summed E-state index contributed by atoms with van der Waals surface area (Å²) in [5.74, 6) is 2.08. The molecule has 1 unspecified atom stereocenters. The Hall–Kier alpha value is -2.53. The molecule has 1 aromatic heterocycles. The third-order valence-electron chi connectivity index (χ3n) is 5.18. The maximum absolute atomic E-state index is 6.14. The first-order valence-corrected chi connectivity index (χ1v) is 9.09. The van der Waals surface area contributed by atoms with Gasteiger partial charge in [0.15, 0.2) is 11.5 Å². The number of benzene rings is 2. The molecule has 0 bridgehead atoms. The number of hydrogen-bond acceptors (Lipinski definition) is 5. The van der Waals surface area contributed by atoms with Crippen molar-refractivity contribution in [1.82, 2.24) is 9.88 Å². The molecule has 2 heterocycles. The molecule has 0 spiro atoms. The van der Waals surface area contributed by atoms with E-state index in [0.717, 1.165) is 52.1 Å². The third kappa shape index (κ3) is 3.03. The molecular weight excluding hydrogens is 326 g/mol. The zero-order chi connectivity index (χ0) is 18.1. The lowest BCUT2D eigenvalue weighted by molar-refractivity contribution is 0.239. The first-order valence-electron chi connectivity index (χ1n) is 9.09. The molecule has 136 valence electrons. The first-order chi connectivity index (χ1) is 12.7. The summed E-state index contributed by atoms with van der Waals surface area (Å²) in [6, 6.07) is 12.2. The number of para-hydroxylation sites is 1. The monoisotopic (exact) mass is 351 g/mol. The highest BCUT2D eigenvalue weighted by Crippen LogP contribution is 2.38. The lowest BCUT2D eigenvalue weighted by atomic mass is 10.1. The Morgan fingerprint density at radius 3 is 2.73 bits per heavy atom. The molecular formula is C21H25N3O2. The number of nitrogens with one attached hydrogen (secondary N) is 1. The molecule has 26 heavy (non-hydrogen) atoms. The minimum atomic E-state index is 0.567. The van der Waals surface area contributed by atoms with E-state index in [1.807, 2.05) is 37.4 Å². The molecule has 5 heteroatoms. The van der Waals surface area contributed by atoms with Crippen molar-refractivity contribution >= 4 is 27.5 Å². The summed E-state index contributed by atoms with van der Waals surface area (Å²) < 4.78 is 11.8. The van der Waals surface area contributed by atoms with E-state index in [-0.39, 0.29) is 0 Å². The highest BCUT2D eigenvalue weighted by Gasteiger charge is 2.21. The average molecular weight is 351 g/mol. The predicted molar refractivity (Wildman–Crippen MR) is 106 cm³/mol. The van der Waals surface area contributed by atoms with Crippen LogP contribution in [0.1, 0.15) is 6.42 Å². The zero-order valence-corrected chi connectivity index (χ0v) is 15.6. The molecule has 2 aromatic carbocycles. The lowest BCUT2D eigenvalue weighted by Crippen LogP contribution is -2.18. The van der Waals surface area contributed by atoms with Gasteiger partial charge >= 0.3 is 0 Å². The van der Waals surface area contributed by atoms with Crippen molar-refractivity contribution in [2.75, 3.05) is 46.2 Å². The molecule has 1 fully saturated rings. The van der Waals surface area contributed by atoms with Crippen molar-refractivity contribution in [3.8, 4) is 11.5 Å². The second-order valence-electron chi connectivity index (χ2n) is 7.00. The van der Waals surface area contributed by atoms with E-state index in [1.54, 1.807) is 7.11 Å². The van der Waals surface area contributed by atoms with Crippen LogP contribution in [-0.4, -0.2) is 50.8 Å². The molecule has 0 aliphatic carbocycles. The van der Waals surface area contributed by atoms with Gasteiger partial charge in [0, 0.05) is 36.3 Å². The molecule has 1 saturated heterocycles. The van der Waals surface area contributed by atoms with Crippen LogP contribution >= 0.6 is 0 Å². The largest absolute Gasteiger partial charge is 0.493 e. The van der Waals surface area contributed by atoms with Gasteiger partial charge < -0.3 is 19.7 Å². The summed E-state index contributed by atoms with van der Waals surface area (Å²) in [5, 5.41) is 5.47. The minimum absolute atomic E-state index is 0.567. The topological polar surface area (TPSA) is 46.6 Å². The Bertz CT molecular complexity index is 941. The highest BCUT2D eigenvalue weighted by atomic mass is 16.5. The van der Waals surface area contributed by atoms with Crippen LogP contribution in [-0.2, 0) is 0 Å². The summed E-state index contributed by atoms with van der Waals surface area (Å²) in [4.78, 5) is 7.18. The molecule has 4 rings (SSSR count). The Labute approximate surface area is 153 Å². The highest BCUT2D eigenvalue weighted by molar-refractivity contribution is 6.08. The van der Waals surface area contributed by atoms with Crippen LogP contribution in [0.4, 0.5) is 5.69 Å². The van der Waals surface area contributed by atoms with E-state index in [4.69, 9.17) is 14.5 Å². The molecule has 0 amide bonds. The minimum Gasteiger partial charge on any atom is -0.493 e. The molecule has 0 radical (unpaired) electrons. The SMILES string of the molecule is CNc1c2ccccc2nc2cc(OCC3CCN(C)C3)c(OC)cc12. The van der Waals surface area contributed by atoms with Crippen LogP contribution in [0.5, 0.6) is 11.5 Å². The summed E-state index contributed by atoms with van der Waals surface area (Å²) >= 11 is 0. The van der Waals surface area contributed by atoms with Crippen LogP contribution in [0.2, 0.25) is 0 Å². The standard InChI is InChI=1S/C21H25N3O2/c1-22-21-15-6-4-5-7-17(15)23-18-11-20(19(25-3)10-16(18)21)26-13-14-8-9-24(2)12-14/h4-7,10-11,14H,8-9,12-13H2,1-3H3,(H,22,23). The number of rotatable bonds is 5. The maximum Gasteiger partial charge on any atom is 0.163 e. The third-order valence-corrected chi connectivity index (χ3v) is 5.18. The molecule has 1 aliphatic rings. The summed E-state index contributed by atoms with van der Waals surface area (Å²) in [6.07, 6.45) is 1.18. The smallest absolute Gasteiger partial charge is 0.163 e. The summed E-state index contributed by atoms with van der Waals surface area (Å²) in [5.41, 5.74) is 2.94. The maximum atomic E-state index is 6.14. The van der Waals surface area contributed by atoms with Gasteiger partial charge in [-0.2, -0.15) is 0 Å². The van der Waals surface area contributed by atoms with Gasteiger partial charge in [0.1, 0.15) is 0 Å². The second kappa shape index (κ2) is 7.00. The van der Waals surface area contributed by atoms with Crippen molar-refractivity contribution in [1.29, 1.82) is 0 Å². The normalized spacial score (nSPS) is 17.7. The number of likely N-dealkylation sites (tertiary alicyclic amines) is 1. The Balaban J connectivity index is 1.75. The molecule has 0 saturated carbocycles. The van der Waals surface area contributed by atoms with Gasteiger partial charge in [-0.3, -0.25) is 0 Å². The Morgan fingerprint density at radius 2 is 2.00 bits per heavy atom. The number of aromatic nitrogens is 1. The van der Waals surface area contributed by atoms with E-state index >= 15 is 0 Å². The van der Waals surface area contributed by atoms with Crippen LogP contribution in [0.25, 0.3) is 21.8 Å². The van der Waals surface area contributed by atoms with Gasteiger partial charge in [0.25, 0.3) is 0 Å². The van der Waals surface area contributed by atoms with E-state index in [2.05, 4.69) is 23.3 Å². The second-order valence-corrected chi connectivity index (χ2v) is 7.00. The van der Waals surface area contributed by atoms with Gasteiger partial charge in [-0.05, 0) is 32.1 Å². The number of ether oxygens (including phenoxy) is 2. The molecule has 5 nitrogen and oxygen atoms in total. The summed E-state index contributed by atoms with van der Waals surface area (Å²) in [6.45, 7) is 2.93. The van der Waals surface area contributed by atoms with E-state index in [0.29, 0.717) is 12.5 Å². The van der Waals surface area contributed by atoms with Crippen LogP contribution < -0.4 is 14.8 Å². The van der Waals surface area contributed by atoms with Crippen molar-refractivity contribution in [3.05, 3.63) is 36.4 Å². The lowest BCUT2D eigenvalue weighted by Gasteiger charge is -2.17. The number of fused-ring (bicyclic) bond motifs is 2. The fourth-order valence-corrected chi connectivity index (χ4v) is 3.81. The summed E-state index contributed by atoms with van der Waals surface area (Å²) in [7, 11) is 5.78. The fourth-order valence-electron chi connectivity index (χ4n) is 3.81. The van der Waals surface area contributed by atoms with Gasteiger partial charge in [-0.1, -0.05) is 18.2 Å². The number of anilines is 1. The van der Waals surface area contributed by atoms with Gasteiger partial charge in [-0.15, -0.1) is 0 Å². The molecule has 1 N–H and O–H groups in total. The van der Waals surface area contributed by atoms with Crippen molar-refractivity contribution in [2.45, 2.75) is 6.42 Å². The van der Waals surface area contributed by atoms with Crippen molar-refractivity contribution in [3.63, 3.8) is 0 Å². The van der Waals surface area contributed by atoms with Crippen LogP contribution in [0, 0.1) is 5.92 Å². The Kier molecular flexibility index (Phi) is 4.55. The first kappa shape index (κ1) is 16.9. The van der Waals surface area contributed by atoms with E-state index in [9.17, 15) is 0 Å². The number of pyridine rings is 1. The molecule has 3 aromatic rings. The predicted octanol–water partition coefficient (Wildman–Crippen LogP) is 3.77. The van der Waals surface area contributed by atoms with Gasteiger partial charge in [-0.25, -0.2) is 4.98 Å². The zero-order valence-electron chi connectivity index (χ0n) is 15.6. The number of hydrogen-bond donors (Lipinski definition) is 1. The van der Waals surface area contributed by atoms with Crippen LogP contribution in [0.15, 0.2) is 36.4 Å². The average Bonchev–Trinajstić information content (AvgIpc) is 3.08. The van der Waals surface area contributed by atoms with Gasteiger partial charge in [0.2, 0.25) is 0 Å². The van der Waals surface area contributed by atoms with Crippen molar-refractivity contribution in [2.24, 2.45) is 5.92 Å².